The molecule has 1 amide bonds. The van der Waals surface area contributed by atoms with Crippen LogP contribution in [0.3, 0.4) is 0 Å². The van der Waals surface area contributed by atoms with Crippen LogP contribution in [0, 0.1) is 19.5 Å². The van der Waals surface area contributed by atoms with Crippen molar-refractivity contribution in [2.45, 2.75) is 13.0 Å². The SMILES string of the molecule is CC(OC(=O)c1ccccc1I)C(=O)Nc1ccc(F)c([N+](=O)[O-])c1. The largest absolute Gasteiger partial charge is 0.449 e. The molecule has 1 N–H and O–H groups in total. The summed E-state index contributed by atoms with van der Waals surface area (Å²) in [6, 6.07) is 9.66. The first-order valence-corrected chi connectivity index (χ1v) is 8.07. The van der Waals surface area contributed by atoms with E-state index in [2.05, 4.69) is 5.32 Å². The number of nitrogens with one attached hydrogen (secondary N) is 1. The Kier molecular flexibility index (Phi) is 6.02. The third kappa shape index (κ3) is 4.72. The Bertz CT molecular complexity index is 843. The third-order valence-electron chi connectivity index (χ3n) is 3.16. The maximum atomic E-state index is 13.3. The van der Waals surface area contributed by atoms with Crippen LogP contribution in [-0.4, -0.2) is 22.9 Å². The second kappa shape index (κ2) is 8.01. The summed E-state index contributed by atoms with van der Waals surface area (Å²) in [4.78, 5) is 34.0. The van der Waals surface area contributed by atoms with Crippen molar-refractivity contribution in [2.24, 2.45) is 0 Å². The molecule has 0 aliphatic heterocycles. The zero-order valence-corrected chi connectivity index (χ0v) is 15.0. The molecular formula is C16H12FIN2O5. The Hall–Kier alpha value is -2.56. The Morgan fingerprint density at radius 2 is 1.96 bits per heavy atom. The summed E-state index contributed by atoms with van der Waals surface area (Å²) < 4.78 is 19.1. The number of hydrogen-bond donors (Lipinski definition) is 1. The second-order valence-corrected chi connectivity index (χ2v) is 6.10. The van der Waals surface area contributed by atoms with Gasteiger partial charge in [-0.25, -0.2) is 4.79 Å². The molecule has 0 spiro atoms. The molecule has 25 heavy (non-hydrogen) atoms. The maximum absolute atomic E-state index is 13.3. The van der Waals surface area contributed by atoms with E-state index in [0.717, 1.165) is 12.1 Å². The van der Waals surface area contributed by atoms with Gasteiger partial charge in [-0.15, -0.1) is 0 Å². The number of nitro benzene ring substituents is 1. The number of benzene rings is 2. The molecule has 9 heteroatoms. The van der Waals surface area contributed by atoms with Gasteiger partial charge in [0.2, 0.25) is 5.82 Å². The van der Waals surface area contributed by atoms with E-state index in [-0.39, 0.29) is 5.69 Å². The van der Waals surface area contributed by atoms with Crippen LogP contribution in [0.25, 0.3) is 0 Å². The van der Waals surface area contributed by atoms with Crippen molar-refractivity contribution in [3.63, 3.8) is 0 Å². The smallest absolute Gasteiger partial charge is 0.339 e. The highest BCUT2D eigenvalue weighted by Gasteiger charge is 2.21. The van der Waals surface area contributed by atoms with Gasteiger partial charge in [-0.2, -0.15) is 4.39 Å². The number of amides is 1. The van der Waals surface area contributed by atoms with Gasteiger partial charge in [0.15, 0.2) is 6.10 Å². The predicted molar refractivity (Wildman–Crippen MR) is 95.7 cm³/mol. The van der Waals surface area contributed by atoms with Crippen LogP contribution in [-0.2, 0) is 9.53 Å². The quantitative estimate of drug-likeness (QED) is 0.320. The van der Waals surface area contributed by atoms with Crippen molar-refractivity contribution < 1.29 is 23.6 Å². The van der Waals surface area contributed by atoms with E-state index in [9.17, 15) is 24.1 Å². The molecule has 0 radical (unpaired) electrons. The van der Waals surface area contributed by atoms with Crippen molar-refractivity contribution in [3.05, 3.63) is 67.5 Å². The molecular weight excluding hydrogens is 446 g/mol. The molecule has 2 aromatic rings. The lowest BCUT2D eigenvalue weighted by molar-refractivity contribution is -0.387. The zero-order valence-electron chi connectivity index (χ0n) is 12.9. The number of nitro groups is 1. The van der Waals surface area contributed by atoms with Gasteiger partial charge in [0.05, 0.1) is 10.5 Å². The first-order chi connectivity index (χ1) is 11.8. The van der Waals surface area contributed by atoms with Crippen LogP contribution >= 0.6 is 22.6 Å². The Labute approximate surface area is 155 Å². The fraction of sp³-hybridized carbons (Fsp3) is 0.125. The van der Waals surface area contributed by atoms with Gasteiger partial charge in [-0.3, -0.25) is 14.9 Å². The van der Waals surface area contributed by atoms with Gasteiger partial charge < -0.3 is 10.1 Å². The number of esters is 1. The van der Waals surface area contributed by atoms with Gasteiger partial charge in [0.1, 0.15) is 0 Å². The van der Waals surface area contributed by atoms with Gasteiger partial charge >= 0.3 is 11.7 Å². The Balaban J connectivity index is 2.06. The fourth-order valence-corrected chi connectivity index (χ4v) is 2.49. The van der Waals surface area contributed by atoms with Crippen molar-refractivity contribution in [1.29, 1.82) is 0 Å². The molecule has 7 nitrogen and oxygen atoms in total. The second-order valence-electron chi connectivity index (χ2n) is 4.94. The van der Waals surface area contributed by atoms with Crippen LogP contribution in [0.1, 0.15) is 17.3 Å². The van der Waals surface area contributed by atoms with E-state index in [1.54, 1.807) is 24.3 Å². The lowest BCUT2D eigenvalue weighted by Gasteiger charge is -2.14. The molecule has 1 unspecified atom stereocenters. The number of anilines is 1. The molecule has 0 saturated heterocycles. The molecule has 0 saturated carbocycles. The first-order valence-electron chi connectivity index (χ1n) is 7.00. The average molecular weight is 458 g/mol. The van der Waals surface area contributed by atoms with Crippen LogP contribution < -0.4 is 5.32 Å². The summed E-state index contributed by atoms with van der Waals surface area (Å²) in [6.45, 7) is 1.36. The summed E-state index contributed by atoms with van der Waals surface area (Å²) in [6.07, 6.45) is -1.15. The minimum atomic E-state index is -1.15. The zero-order chi connectivity index (χ0) is 18.6. The number of carbonyl (C=O) groups is 2. The number of rotatable bonds is 5. The number of carbonyl (C=O) groups excluding carboxylic acids is 2. The Morgan fingerprint density at radius 3 is 2.60 bits per heavy atom. The predicted octanol–water partition coefficient (Wildman–Crippen LogP) is 3.52. The van der Waals surface area contributed by atoms with Gasteiger partial charge in [0.25, 0.3) is 5.91 Å². The molecule has 0 aliphatic rings. The summed E-state index contributed by atoms with van der Waals surface area (Å²) in [5, 5.41) is 13.1. The highest BCUT2D eigenvalue weighted by atomic mass is 127. The molecule has 1 atom stereocenters. The molecule has 2 aromatic carbocycles. The van der Waals surface area contributed by atoms with E-state index in [4.69, 9.17) is 4.74 Å². The molecule has 0 bridgehead atoms. The fourth-order valence-electron chi connectivity index (χ4n) is 1.88. The molecule has 130 valence electrons. The molecule has 2 rings (SSSR count). The van der Waals surface area contributed by atoms with E-state index < -0.39 is 34.4 Å². The normalized spacial score (nSPS) is 11.5. The summed E-state index contributed by atoms with van der Waals surface area (Å²) in [7, 11) is 0. The highest BCUT2D eigenvalue weighted by Crippen LogP contribution is 2.22. The van der Waals surface area contributed by atoms with Crippen LogP contribution in [0.2, 0.25) is 0 Å². The van der Waals surface area contributed by atoms with Gasteiger partial charge in [0, 0.05) is 15.3 Å². The molecule has 0 aliphatic carbocycles. The maximum Gasteiger partial charge on any atom is 0.339 e. The third-order valence-corrected chi connectivity index (χ3v) is 4.10. The Morgan fingerprint density at radius 1 is 1.28 bits per heavy atom. The molecule has 0 heterocycles. The minimum absolute atomic E-state index is 0.0234. The highest BCUT2D eigenvalue weighted by molar-refractivity contribution is 14.1. The van der Waals surface area contributed by atoms with E-state index in [0.29, 0.717) is 9.13 Å². The summed E-state index contributed by atoms with van der Waals surface area (Å²) in [5.41, 5.74) is -0.420. The molecule has 0 aromatic heterocycles. The minimum Gasteiger partial charge on any atom is -0.449 e. The number of hydrogen-bond acceptors (Lipinski definition) is 5. The standard InChI is InChI=1S/C16H12FIN2O5/c1-9(25-16(22)11-4-2-3-5-13(11)18)15(21)19-10-6-7-12(17)14(8-10)20(23)24/h2-9H,1H3,(H,19,21). The van der Waals surface area contributed by atoms with Crippen molar-refractivity contribution in [1.82, 2.24) is 0 Å². The van der Waals surface area contributed by atoms with Crippen molar-refractivity contribution >= 4 is 45.8 Å². The lowest BCUT2D eigenvalue weighted by atomic mass is 10.2. The van der Waals surface area contributed by atoms with Gasteiger partial charge in [-0.05, 0) is 53.8 Å². The summed E-state index contributed by atoms with van der Waals surface area (Å²) in [5.74, 6) is -2.38. The average Bonchev–Trinajstić information content (AvgIpc) is 2.56. The number of ether oxygens (including phenoxy) is 1. The van der Waals surface area contributed by atoms with E-state index in [1.165, 1.54) is 13.0 Å². The van der Waals surface area contributed by atoms with Crippen LogP contribution in [0.15, 0.2) is 42.5 Å². The summed E-state index contributed by atoms with van der Waals surface area (Å²) >= 11 is 1.97. The molecule has 0 fully saturated rings. The topological polar surface area (TPSA) is 98.5 Å². The number of halogens is 2. The van der Waals surface area contributed by atoms with Crippen molar-refractivity contribution in [3.8, 4) is 0 Å². The van der Waals surface area contributed by atoms with E-state index in [1.807, 2.05) is 22.6 Å². The first kappa shape index (κ1) is 18.8. The number of nitrogens with zero attached hydrogens (tertiary/aromatic N) is 1. The van der Waals surface area contributed by atoms with Crippen molar-refractivity contribution in [2.75, 3.05) is 5.32 Å². The van der Waals surface area contributed by atoms with Gasteiger partial charge in [-0.1, -0.05) is 12.1 Å². The van der Waals surface area contributed by atoms with Crippen LogP contribution in [0.4, 0.5) is 15.8 Å². The van der Waals surface area contributed by atoms with E-state index >= 15 is 0 Å². The monoisotopic (exact) mass is 458 g/mol. The lowest BCUT2D eigenvalue weighted by Crippen LogP contribution is -2.30. The van der Waals surface area contributed by atoms with Crippen LogP contribution in [0.5, 0.6) is 0 Å².